The van der Waals surface area contributed by atoms with Crippen molar-refractivity contribution in [2.45, 2.75) is 19.9 Å². The number of para-hydroxylation sites is 1. The number of carbonyl (C=O) groups excluding carboxylic acids is 3. The van der Waals surface area contributed by atoms with Crippen molar-refractivity contribution in [3.8, 4) is 0 Å². The molecule has 0 bridgehead atoms. The van der Waals surface area contributed by atoms with Gasteiger partial charge in [0.2, 0.25) is 5.58 Å². The number of aromatic nitrogens is 2. The minimum Gasteiger partial charge on any atom is -0.454 e. The summed E-state index contributed by atoms with van der Waals surface area (Å²) >= 11 is 0. The molecule has 0 radical (unpaired) electrons. The van der Waals surface area contributed by atoms with Crippen LogP contribution in [0.5, 0.6) is 0 Å². The monoisotopic (exact) mass is 386 g/mol. The summed E-state index contributed by atoms with van der Waals surface area (Å²) in [6, 6.07) is 6.40. The number of imide groups is 1. The zero-order valence-electron chi connectivity index (χ0n) is 15.1. The van der Waals surface area contributed by atoms with Crippen LogP contribution in [0.1, 0.15) is 13.3 Å². The maximum Gasteiger partial charge on any atom is 0.326 e. The number of nitrogens with zero attached hydrogens (tertiary/aromatic N) is 2. The zero-order chi connectivity index (χ0) is 20.1. The van der Waals surface area contributed by atoms with E-state index in [9.17, 15) is 19.2 Å². The molecule has 0 aliphatic carbocycles. The minimum absolute atomic E-state index is 0.0295. The summed E-state index contributed by atoms with van der Waals surface area (Å²) in [5.74, 6) is -1.61. The van der Waals surface area contributed by atoms with Gasteiger partial charge in [0.25, 0.3) is 11.5 Å². The fourth-order valence-corrected chi connectivity index (χ4v) is 2.50. The van der Waals surface area contributed by atoms with Crippen LogP contribution in [0.2, 0.25) is 0 Å². The summed E-state index contributed by atoms with van der Waals surface area (Å²) in [5, 5.41) is 5.17. The van der Waals surface area contributed by atoms with Crippen LogP contribution in [-0.4, -0.2) is 40.6 Å². The van der Waals surface area contributed by atoms with Crippen molar-refractivity contribution in [2.24, 2.45) is 0 Å². The Bertz CT molecular complexity index is 1100. The number of urea groups is 1. The Morgan fingerprint density at radius 2 is 2.04 bits per heavy atom. The Morgan fingerprint density at radius 3 is 2.82 bits per heavy atom. The van der Waals surface area contributed by atoms with Crippen LogP contribution < -0.4 is 16.2 Å². The smallest absolute Gasteiger partial charge is 0.326 e. The number of carbonyl (C=O) groups is 3. The first-order chi connectivity index (χ1) is 13.5. The Hall–Kier alpha value is -3.69. The highest BCUT2D eigenvalue weighted by Gasteiger charge is 2.16. The summed E-state index contributed by atoms with van der Waals surface area (Å²) in [7, 11) is 0. The number of hydrogen-bond acceptors (Lipinski definition) is 7. The molecule has 2 aromatic heterocycles. The van der Waals surface area contributed by atoms with Crippen LogP contribution in [0.25, 0.3) is 22.1 Å². The van der Waals surface area contributed by atoms with Gasteiger partial charge in [-0.05, 0) is 18.6 Å². The molecule has 3 amide bonds. The van der Waals surface area contributed by atoms with Gasteiger partial charge in [-0.3, -0.25) is 24.3 Å². The number of esters is 1. The molecule has 0 fully saturated rings. The third kappa shape index (κ3) is 4.17. The summed E-state index contributed by atoms with van der Waals surface area (Å²) in [6.45, 7) is 1.18. The lowest BCUT2D eigenvalue weighted by molar-refractivity contribution is -0.148. The predicted octanol–water partition coefficient (Wildman–Crippen LogP) is 0.922. The number of furan rings is 1. The van der Waals surface area contributed by atoms with Crippen LogP contribution in [0.3, 0.4) is 0 Å². The van der Waals surface area contributed by atoms with Gasteiger partial charge in [0.15, 0.2) is 6.61 Å². The first-order valence-corrected chi connectivity index (χ1v) is 8.59. The molecule has 0 aliphatic rings. The van der Waals surface area contributed by atoms with E-state index in [1.807, 2.05) is 12.2 Å². The first-order valence-electron chi connectivity index (χ1n) is 8.59. The molecule has 28 heavy (non-hydrogen) atoms. The maximum absolute atomic E-state index is 12.5. The van der Waals surface area contributed by atoms with Gasteiger partial charge in [-0.2, -0.15) is 0 Å². The van der Waals surface area contributed by atoms with Crippen molar-refractivity contribution >= 4 is 40.0 Å². The van der Waals surface area contributed by atoms with Crippen LogP contribution in [0.4, 0.5) is 4.79 Å². The number of ether oxygens (including phenoxy) is 1. The van der Waals surface area contributed by atoms with E-state index in [1.54, 1.807) is 24.3 Å². The van der Waals surface area contributed by atoms with E-state index in [0.29, 0.717) is 23.0 Å². The minimum atomic E-state index is -0.830. The molecule has 3 aromatic rings. The third-order valence-corrected chi connectivity index (χ3v) is 3.80. The van der Waals surface area contributed by atoms with Gasteiger partial charge in [0.1, 0.15) is 17.6 Å². The summed E-state index contributed by atoms with van der Waals surface area (Å²) in [5.41, 5.74) is 0.409. The molecular formula is C18H18N4O6. The Labute approximate surface area is 158 Å². The molecule has 10 nitrogen and oxygen atoms in total. The van der Waals surface area contributed by atoms with Crippen LogP contribution in [0.15, 0.2) is 39.8 Å². The molecule has 2 N–H and O–H groups in total. The highest BCUT2D eigenvalue weighted by Crippen LogP contribution is 2.23. The highest BCUT2D eigenvalue weighted by atomic mass is 16.5. The second-order valence-electron chi connectivity index (χ2n) is 5.92. The van der Waals surface area contributed by atoms with Gasteiger partial charge in [0, 0.05) is 11.9 Å². The fraction of sp³-hybridized carbons (Fsp3) is 0.278. The quantitative estimate of drug-likeness (QED) is 0.602. The van der Waals surface area contributed by atoms with E-state index >= 15 is 0 Å². The molecule has 2 heterocycles. The number of fused-ring (bicyclic) bond motifs is 3. The summed E-state index contributed by atoms with van der Waals surface area (Å²) in [4.78, 5) is 51.5. The number of rotatable bonds is 6. The molecule has 10 heteroatoms. The topological polar surface area (TPSA) is 133 Å². The van der Waals surface area contributed by atoms with Crippen molar-refractivity contribution in [2.75, 3.05) is 13.2 Å². The fourth-order valence-electron chi connectivity index (χ4n) is 2.50. The zero-order valence-corrected chi connectivity index (χ0v) is 15.1. The molecule has 0 atom stereocenters. The number of amides is 3. The molecule has 146 valence electrons. The molecule has 0 spiro atoms. The van der Waals surface area contributed by atoms with Gasteiger partial charge in [-0.1, -0.05) is 19.1 Å². The second-order valence-corrected chi connectivity index (χ2v) is 5.92. The van der Waals surface area contributed by atoms with E-state index < -0.39 is 36.6 Å². The Kier molecular flexibility index (Phi) is 5.68. The first kappa shape index (κ1) is 19.1. The largest absolute Gasteiger partial charge is 0.454 e. The summed E-state index contributed by atoms with van der Waals surface area (Å²) < 4.78 is 11.3. The molecule has 0 aliphatic heterocycles. The molecular weight excluding hydrogens is 368 g/mol. The van der Waals surface area contributed by atoms with Crippen molar-refractivity contribution in [1.29, 1.82) is 0 Å². The van der Waals surface area contributed by atoms with Crippen LogP contribution in [-0.2, 0) is 20.9 Å². The van der Waals surface area contributed by atoms with Crippen LogP contribution >= 0.6 is 0 Å². The molecule has 0 saturated carbocycles. The van der Waals surface area contributed by atoms with Crippen molar-refractivity contribution in [3.05, 3.63) is 40.9 Å². The molecule has 0 unspecified atom stereocenters. The van der Waals surface area contributed by atoms with Gasteiger partial charge in [-0.25, -0.2) is 9.78 Å². The van der Waals surface area contributed by atoms with Gasteiger partial charge in [-0.15, -0.1) is 0 Å². The van der Waals surface area contributed by atoms with E-state index in [-0.39, 0.29) is 5.58 Å². The SMILES string of the molecule is CCCNC(=O)NC(=O)COC(=O)Cn1cnc2c(oc3ccccc32)c1=O. The van der Waals surface area contributed by atoms with Crippen LogP contribution in [0, 0.1) is 0 Å². The standard InChI is InChI=1S/C18H18N4O6/c1-2-7-19-18(26)21-13(23)9-27-14(24)8-22-10-20-15-11-5-3-4-6-12(11)28-16(15)17(22)25/h3-6,10H,2,7-9H2,1H3,(H2,19,21,23,26). The van der Waals surface area contributed by atoms with E-state index in [2.05, 4.69) is 10.3 Å². The predicted molar refractivity (Wildman–Crippen MR) is 98.6 cm³/mol. The number of nitrogens with one attached hydrogen (secondary N) is 2. The van der Waals surface area contributed by atoms with E-state index in [1.165, 1.54) is 6.33 Å². The normalized spacial score (nSPS) is 10.8. The second kappa shape index (κ2) is 8.33. The summed E-state index contributed by atoms with van der Waals surface area (Å²) in [6.07, 6.45) is 1.93. The lowest BCUT2D eigenvalue weighted by Gasteiger charge is -2.07. The Morgan fingerprint density at radius 1 is 1.25 bits per heavy atom. The van der Waals surface area contributed by atoms with Crippen molar-refractivity contribution < 1.29 is 23.5 Å². The average molecular weight is 386 g/mol. The number of benzene rings is 1. The molecule has 0 saturated heterocycles. The van der Waals surface area contributed by atoms with Gasteiger partial charge < -0.3 is 14.5 Å². The molecule has 3 rings (SSSR count). The van der Waals surface area contributed by atoms with Crippen molar-refractivity contribution in [1.82, 2.24) is 20.2 Å². The van der Waals surface area contributed by atoms with E-state index in [0.717, 1.165) is 11.0 Å². The lowest BCUT2D eigenvalue weighted by atomic mass is 10.2. The number of hydrogen-bond donors (Lipinski definition) is 2. The van der Waals surface area contributed by atoms with E-state index in [4.69, 9.17) is 9.15 Å². The van der Waals surface area contributed by atoms with Gasteiger partial charge >= 0.3 is 12.0 Å². The van der Waals surface area contributed by atoms with Gasteiger partial charge in [0.05, 0.1) is 6.33 Å². The third-order valence-electron chi connectivity index (χ3n) is 3.80. The lowest BCUT2D eigenvalue weighted by Crippen LogP contribution is -2.41. The maximum atomic E-state index is 12.5. The molecule has 1 aromatic carbocycles. The highest BCUT2D eigenvalue weighted by molar-refractivity contribution is 6.01. The average Bonchev–Trinajstić information content (AvgIpc) is 3.06. The Balaban J connectivity index is 1.63. The van der Waals surface area contributed by atoms with Crippen molar-refractivity contribution in [3.63, 3.8) is 0 Å².